The summed E-state index contributed by atoms with van der Waals surface area (Å²) >= 11 is 0. The molecule has 0 N–H and O–H groups in total. The van der Waals surface area contributed by atoms with Gasteiger partial charge in [0.1, 0.15) is 6.29 Å². The number of carbonyl (C=O) groups is 1. The zero-order chi connectivity index (χ0) is 16.4. The summed E-state index contributed by atoms with van der Waals surface area (Å²) in [4.78, 5) is 17.8. The Hall–Kier alpha value is -2.14. The van der Waals surface area contributed by atoms with Gasteiger partial charge in [-0.3, -0.25) is 9.89 Å². The molecule has 3 aliphatic heterocycles. The van der Waals surface area contributed by atoms with Gasteiger partial charge in [0.15, 0.2) is 11.5 Å². The minimum atomic E-state index is 0.305. The van der Waals surface area contributed by atoms with Crippen molar-refractivity contribution in [2.75, 3.05) is 19.9 Å². The monoisotopic (exact) mass is 326 g/mol. The van der Waals surface area contributed by atoms with Crippen LogP contribution >= 0.6 is 0 Å². The van der Waals surface area contributed by atoms with Gasteiger partial charge >= 0.3 is 0 Å². The third-order valence-corrected chi connectivity index (χ3v) is 5.19. The van der Waals surface area contributed by atoms with Gasteiger partial charge in [-0.15, -0.1) is 0 Å². The molecule has 24 heavy (non-hydrogen) atoms. The number of hydrogen-bond acceptors (Lipinski definition) is 5. The molecule has 1 aromatic rings. The van der Waals surface area contributed by atoms with E-state index in [0.29, 0.717) is 25.3 Å². The highest BCUT2D eigenvalue weighted by molar-refractivity contribution is 5.88. The van der Waals surface area contributed by atoms with Crippen LogP contribution in [0, 0.1) is 0 Å². The number of ether oxygens (including phenoxy) is 2. The molecule has 2 unspecified atom stereocenters. The van der Waals surface area contributed by atoms with Crippen LogP contribution in [-0.4, -0.2) is 42.8 Å². The van der Waals surface area contributed by atoms with Crippen molar-refractivity contribution in [2.24, 2.45) is 4.99 Å². The maximum absolute atomic E-state index is 11.1. The molecule has 3 heterocycles. The van der Waals surface area contributed by atoms with Crippen LogP contribution in [0.15, 0.2) is 35.5 Å². The third-order valence-electron chi connectivity index (χ3n) is 5.19. The van der Waals surface area contributed by atoms with Gasteiger partial charge in [-0.05, 0) is 42.9 Å². The molecule has 0 spiro atoms. The van der Waals surface area contributed by atoms with Gasteiger partial charge in [0, 0.05) is 30.9 Å². The average Bonchev–Trinajstić information content (AvgIpc) is 3.33. The average molecular weight is 326 g/mol. The van der Waals surface area contributed by atoms with E-state index in [0.717, 1.165) is 50.0 Å². The molecule has 2 atom stereocenters. The number of fused-ring (bicyclic) bond motifs is 1. The van der Waals surface area contributed by atoms with Crippen LogP contribution in [0.3, 0.4) is 0 Å². The van der Waals surface area contributed by atoms with Gasteiger partial charge in [-0.25, -0.2) is 0 Å². The second-order valence-corrected chi connectivity index (χ2v) is 6.64. The summed E-state index contributed by atoms with van der Waals surface area (Å²) in [5.74, 6) is 2.10. The van der Waals surface area contributed by atoms with E-state index in [9.17, 15) is 4.79 Å². The van der Waals surface area contributed by atoms with Crippen LogP contribution < -0.4 is 9.47 Å². The predicted molar refractivity (Wildman–Crippen MR) is 91.8 cm³/mol. The maximum atomic E-state index is 11.1. The van der Waals surface area contributed by atoms with Crippen LogP contribution in [0.25, 0.3) is 0 Å². The fourth-order valence-corrected chi connectivity index (χ4v) is 3.91. The fourth-order valence-electron chi connectivity index (χ4n) is 3.91. The van der Waals surface area contributed by atoms with E-state index in [4.69, 9.17) is 9.47 Å². The lowest BCUT2D eigenvalue weighted by atomic mass is 9.94. The summed E-state index contributed by atoms with van der Waals surface area (Å²) < 4.78 is 10.9. The maximum Gasteiger partial charge on any atom is 0.231 e. The van der Waals surface area contributed by atoms with E-state index in [-0.39, 0.29) is 0 Å². The lowest BCUT2D eigenvalue weighted by molar-refractivity contribution is -0.109. The summed E-state index contributed by atoms with van der Waals surface area (Å²) in [7, 11) is 0. The topological polar surface area (TPSA) is 51.1 Å². The molecule has 3 aliphatic rings. The Kier molecular flexibility index (Phi) is 4.34. The first kappa shape index (κ1) is 15.4. The van der Waals surface area contributed by atoms with Crippen molar-refractivity contribution in [2.45, 2.75) is 37.6 Å². The highest BCUT2D eigenvalue weighted by atomic mass is 16.7. The smallest absolute Gasteiger partial charge is 0.231 e. The number of hydrogen-bond donors (Lipinski definition) is 0. The van der Waals surface area contributed by atoms with Crippen molar-refractivity contribution in [3.8, 4) is 11.5 Å². The molecular formula is C19H22N2O3. The molecule has 126 valence electrons. The van der Waals surface area contributed by atoms with Crippen LogP contribution in [0.4, 0.5) is 0 Å². The first-order chi connectivity index (χ1) is 11.8. The van der Waals surface area contributed by atoms with Gasteiger partial charge in [-0.2, -0.15) is 0 Å². The van der Waals surface area contributed by atoms with Crippen LogP contribution in [0.2, 0.25) is 0 Å². The normalized spacial score (nSPS) is 25.2. The summed E-state index contributed by atoms with van der Waals surface area (Å²) in [6.07, 6.45) is 9.14. The summed E-state index contributed by atoms with van der Waals surface area (Å²) in [5.41, 5.74) is 2.53. The first-order valence-electron chi connectivity index (χ1n) is 8.61. The van der Waals surface area contributed by atoms with Crippen molar-refractivity contribution in [1.82, 2.24) is 4.90 Å². The Bertz CT molecular complexity index is 683. The van der Waals surface area contributed by atoms with Gasteiger partial charge in [0.25, 0.3) is 0 Å². The lowest BCUT2D eigenvalue weighted by Crippen LogP contribution is -2.31. The molecule has 4 rings (SSSR count). The molecule has 0 amide bonds. The molecular weight excluding hydrogens is 304 g/mol. The largest absolute Gasteiger partial charge is 0.454 e. The number of carbonyl (C=O) groups excluding carboxylic acids is 1. The van der Waals surface area contributed by atoms with Crippen LogP contribution in [0.5, 0.6) is 11.5 Å². The van der Waals surface area contributed by atoms with E-state index in [1.54, 1.807) is 0 Å². The van der Waals surface area contributed by atoms with E-state index >= 15 is 0 Å². The van der Waals surface area contributed by atoms with Crippen LogP contribution in [0.1, 0.15) is 37.2 Å². The summed E-state index contributed by atoms with van der Waals surface area (Å²) in [6.45, 7) is 1.74. The quantitative estimate of drug-likeness (QED) is 0.754. The molecule has 0 radical (unpaired) electrons. The summed E-state index contributed by atoms with van der Waals surface area (Å²) in [5, 5.41) is 0. The molecule has 1 aromatic carbocycles. The standard InChI is InChI=1S/C19H22N2O3/c22-9-8-21-12-15(10-17(21)5-4-16-2-1-7-20-16)14-3-6-18-19(11-14)24-13-23-18/h1,3,6-7,9,11,15,17H,2,4-5,8,10,12-13H2. The second-order valence-electron chi connectivity index (χ2n) is 6.64. The number of aliphatic imine (C=N–C) groups is 1. The van der Waals surface area contributed by atoms with Gasteiger partial charge < -0.3 is 14.3 Å². The Labute approximate surface area is 142 Å². The van der Waals surface area contributed by atoms with Crippen molar-refractivity contribution >= 4 is 12.0 Å². The Morgan fingerprint density at radius 3 is 3.04 bits per heavy atom. The molecule has 5 heteroatoms. The van der Waals surface area contributed by atoms with Crippen molar-refractivity contribution in [3.05, 3.63) is 36.0 Å². The molecule has 1 saturated heterocycles. The van der Waals surface area contributed by atoms with E-state index < -0.39 is 0 Å². The Morgan fingerprint density at radius 2 is 2.21 bits per heavy atom. The molecule has 1 fully saturated rings. The number of likely N-dealkylation sites (tertiary alicyclic amines) is 1. The molecule has 0 bridgehead atoms. The minimum Gasteiger partial charge on any atom is -0.454 e. The van der Waals surface area contributed by atoms with E-state index in [1.807, 2.05) is 12.3 Å². The van der Waals surface area contributed by atoms with E-state index in [2.05, 4.69) is 28.1 Å². The Morgan fingerprint density at radius 1 is 1.29 bits per heavy atom. The number of aldehydes is 1. The van der Waals surface area contributed by atoms with E-state index in [1.165, 1.54) is 11.3 Å². The van der Waals surface area contributed by atoms with Crippen molar-refractivity contribution in [1.29, 1.82) is 0 Å². The predicted octanol–water partition coefficient (Wildman–Crippen LogP) is 2.91. The number of rotatable bonds is 6. The SMILES string of the molecule is O=CCN1CC(c2ccc3c(c2)OCO3)CC1CCC1=NC=CC1. The third kappa shape index (κ3) is 3.08. The van der Waals surface area contributed by atoms with Crippen LogP contribution in [-0.2, 0) is 4.79 Å². The molecule has 0 aromatic heterocycles. The number of allylic oxidation sites excluding steroid dienone is 1. The zero-order valence-electron chi connectivity index (χ0n) is 13.7. The lowest BCUT2D eigenvalue weighted by Gasteiger charge is -2.21. The number of benzene rings is 1. The highest BCUT2D eigenvalue weighted by Crippen LogP contribution is 2.39. The van der Waals surface area contributed by atoms with Gasteiger partial charge in [-0.1, -0.05) is 12.1 Å². The van der Waals surface area contributed by atoms with Gasteiger partial charge in [0.2, 0.25) is 6.79 Å². The van der Waals surface area contributed by atoms with Gasteiger partial charge in [0.05, 0.1) is 6.54 Å². The molecule has 5 nitrogen and oxygen atoms in total. The molecule has 0 aliphatic carbocycles. The van der Waals surface area contributed by atoms with Crippen molar-refractivity contribution in [3.63, 3.8) is 0 Å². The zero-order valence-corrected chi connectivity index (χ0v) is 13.7. The molecule has 0 saturated carbocycles. The number of nitrogens with zero attached hydrogens (tertiary/aromatic N) is 2. The van der Waals surface area contributed by atoms with Crippen molar-refractivity contribution < 1.29 is 14.3 Å². The fraction of sp³-hybridized carbons (Fsp3) is 0.474. The minimum absolute atomic E-state index is 0.305. The summed E-state index contributed by atoms with van der Waals surface area (Å²) in [6, 6.07) is 6.66. The highest BCUT2D eigenvalue weighted by Gasteiger charge is 2.33. The second kappa shape index (κ2) is 6.77. The first-order valence-corrected chi connectivity index (χ1v) is 8.61. The Balaban J connectivity index is 1.44.